The van der Waals surface area contributed by atoms with Crippen LogP contribution in [0.15, 0.2) is 46.6 Å². The summed E-state index contributed by atoms with van der Waals surface area (Å²) in [6.07, 6.45) is 4.14. The molecule has 226 valence electrons. The summed E-state index contributed by atoms with van der Waals surface area (Å²) in [5.74, 6) is -3.15. The molecule has 10 heteroatoms. The van der Waals surface area contributed by atoms with Gasteiger partial charge in [0.05, 0.1) is 13.5 Å². The summed E-state index contributed by atoms with van der Waals surface area (Å²) in [5.41, 5.74) is -0.647. The molecule has 0 amide bonds. The molecule has 2 fully saturated rings. The molecule has 42 heavy (non-hydrogen) atoms. The summed E-state index contributed by atoms with van der Waals surface area (Å²) in [5, 5.41) is 10.5. The summed E-state index contributed by atoms with van der Waals surface area (Å²) >= 11 is 0. The number of methoxy groups -OCH3 is 1. The van der Waals surface area contributed by atoms with Gasteiger partial charge in [-0.1, -0.05) is 32.9 Å². The fourth-order valence-corrected chi connectivity index (χ4v) is 8.11. The Balaban J connectivity index is 1.71. The number of carbonyl (C=O) groups excluding carboxylic acids is 5. The van der Waals surface area contributed by atoms with Gasteiger partial charge in [0.15, 0.2) is 0 Å². The lowest BCUT2D eigenvalue weighted by Crippen LogP contribution is -2.52. The molecule has 3 aliphatic carbocycles. The van der Waals surface area contributed by atoms with Gasteiger partial charge in [-0.2, -0.15) is 0 Å². The number of ketones is 1. The summed E-state index contributed by atoms with van der Waals surface area (Å²) in [6.45, 7) is 9.07. The zero-order valence-electron chi connectivity index (χ0n) is 24.9. The monoisotopic (exact) mass is 582 g/mol. The van der Waals surface area contributed by atoms with Crippen molar-refractivity contribution in [1.29, 1.82) is 0 Å². The smallest absolute Gasteiger partial charge is 0.333 e. The van der Waals surface area contributed by atoms with E-state index in [0.29, 0.717) is 18.4 Å². The van der Waals surface area contributed by atoms with Crippen LogP contribution in [0.3, 0.4) is 0 Å². The predicted octanol–water partition coefficient (Wildman–Crippen LogP) is 3.43. The van der Waals surface area contributed by atoms with Crippen molar-refractivity contribution in [2.75, 3.05) is 7.11 Å². The first kappa shape index (κ1) is 29.9. The minimum atomic E-state index is -1.53. The molecule has 0 aromatic rings. The van der Waals surface area contributed by atoms with Crippen LogP contribution in [0.25, 0.3) is 0 Å². The molecule has 0 spiro atoms. The summed E-state index contributed by atoms with van der Waals surface area (Å²) in [4.78, 5) is 65.0. The van der Waals surface area contributed by atoms with Gasteiger partial charge in [-0.15, -0.1) is 0 Å². The third kappa shape index (κ3) is 4.37. The SMILES string of the molecule is C/C=C(\C)C(=O)O[C@@H]1/C=C\C2=C3CC(=O)O[C@@H](C4=CC(=O)OC4O)[C@]3(C)CC[C@@H]2[C@@]2(C)C(=O)C[C@]1(C)[C@@H]2CC(=O)OC. The van der Waals surface area contributed by atoms with Crippen molar-refractivity contribution in [3.05, 3.63) is 46.6 Å². The quantitative estimate of drug-likeness (QED) is 0.291. The topological polar surface area (TPSA) is 142 Å². The first-order valence-corrected chi connectivity index (χ1v) is 14.4. The number of ether oxygens (including phenoxy) is 4. The Morgan fingerprint density at radius 3 is 2.50 bits per heavy atom. The van der Waals surface area contributed by atoms with E-state index < -0.39 is 64.5 Å². The number of allylic oxidation sites excluding steroid dienone is 3. The average Bonchev–Trinajstić information content (AvgIpc) is 3.38. The standard InChI is InChI=1S/C32H38O10/c1-7-16(2)28(37)40-23-9-8-17-19(32(5)21(14-24(34)39-6)31(23,4)15-22(32)33)10-11-30(3)20(17)13-26(36)41-27(30)18-12-25(35)42-29(18)38/h7-9,12,19,21,23,27,29,38H,10-11,13-15H2,1-6H3/b9-8-,16-7+/t19-,21-,23+,27-,29?,30+,31+,32+/m0/s1. The predicted molar refractivity (Wildman–Crippen MR) is 147 cm³/mol. The maximum absolute atomic E-state index is 14.2. The highest BCUT2D eigenvalue weighted by molar-refractivity contribution is 5.92. The molecular weight excluding hydrogens is 544 g/mol. The zero-order chi connectivity index (χ0) is 30.8. The summed E-state index contributed by atoms with van der Waals surface area (Å²) in [6, 6.07) is 0. The van der Waals surface area contributed by atoms with Gasteiger partial charge in [0.25, 0.3) is 0 Å². The number of carbonyl (C=O) groups is 5. The Morgan fingerprint density at radius 2 is 1.88 bits per heavy atom. The van der Waals surface area contributed by atoms with Gasteiger partial charge in [0.2, 0.25) is 6.29 Å². The highest BCUT2D eigenvalue weighted by Crippen LogP contribution is 2.65. The number of Topliss-reactive ketones (excluding diaryl/α,β-unsaturated/α-hetero) is 1. The molecule has 1 saturated heterocycles. The van der Waals surface area contributed by atoms with Crippen molar-refractivity contribution in [3.8, 4) is 0 Å². The summed E-state index contributed by atoms with van der Waals surface area (Å²) < 4.78 is 21.8. The van der Waals surface area contributed by atoms with Gasteiger partial charge in [-0.25, -0.2) is 9.59 Å². The average molecular weight is 583 g/mol. The largest absolute Gasteiger partial charge is 0.469 e. The van der Waals surface area contributed by atoms with E-state index in [9.17, 15) is 29.1 Å². The molecule has 10 nitrogen and oxygen atoms in total. The summed E-state index contributed by atoms with van der Waals surface area (Å²) in [7, 11) is 1.31. The molecule has 2 heterocycles. The van der Waals surface area contributed by atoms with E-state index in [0.717, 1.165) is 11.1 Å². The van der Waals surface area contributed by atoms with E-state index in [1.807, 2.05) is 26.8 Å². The van der Waals surface area contributed by atoms with Crippen LogP contribution in [-0.2, 0) is 42.9 Å². The highest BCUT2D eigenvalue weighted by atomic mass is 16.6. The molecular formula is C32H38O10. The third-order valence-corrected chi connectivity index (χ3v) is 10.7. The molecule has 2 aliphatic heterocycles. The highest BCUT2D eigenvalue weighted by Gasteiger charge is 2.66. The number of hydrogen-bond donors (Lipinski definition) is 1. The minimum Gasteiger partial charge on any atom is -0.469 e. The van der Waals surface area contributed by atoms with E-state index in [-0.39, 0.29) is 36.5 Å². The van der Waals surface area contributed by atoms with Crippen LogP contribution in [0, 0.1) is 28.1 Å². The van der Waals surface area contributed by atoms with Crippen molar-refractivity contribution < 1.29 is 48.0 Å². The molecule has 0 aromatic carbocycles. The first-order valence-electron chi connectivity index (χ1n) is 14.4. The lowest BCUT2D eigenvalue weighted by molar-refractivity contribution is -0.162. The van der Waals surface area contributed by atoms with Crippen molar-refractivity contribution >= 4 is 29.7 Å². The van der Waals surface area contributed by atoms with Crippen LogP contribution in [0.4, 0.5) is 0 Å². The number of aliphatic hydroxyl groups is 1. The molecule has 8 atom stereocenters. The lowest BCUT2D eigenvalue weighted by Gasteiger charge is -2.53. The number of aliphatic hydroxyl groups excluding tert-OH is 1. The van der Waals surface area contributed by atoms with E-state index >= 15 is 0 Å². The Hall–Kier alpha value is -3.53. The van der Waals surface area contributed by atoms with Crippen LogP contribution in [-0.4, -0.2) is 60.4 Å². The van der Waals surface area contributed by atoms with Crippen molar-refractivity contribution in [2.24, 2.45) is 28.1 Å². The first-order chi connectivity index (χ1) is 19.7. The van der Waals surface area contributed by atoms with Gasteiger partial charge >= 0.3 is 23.9 Å². The van der Waals surface area contributed by atoms with Gasteiger partial charge in [0, 0.05) is 46.3 Å². The van der Waals surface area contributed by atoms with E-state index in [4.69, 9.17) is 18.9 Å². The number of rotatable bonds is 5. The number of hydrogen-bond acceptors (Lipinski definition) is 10. The van der Waals surface area contributed by atoms with Gasteiger partial charge in [-0.3, -0.25) is 14.4 Å². The van der Waals surface area contributed by atoms with Crippen LogP contribution in [0.1, 0.15) is 66.7 Å². The number of cyclic esters (lactones) is 2. The van der Waals surface area contributed by atoms with Crippen molar-refractivity contribution in [3.63, 3.8) is 0 Å². The van der Waals surface area contributed by atoms with Gasteiger partial charge in [0.1, 0.15) is 18.0 Å². The molecule has 5 rings (SSSR count). The molecule has 5 aliphatic rings. The molecule has 1 saturated carbocycles. The second kappa shape index (κ2) is 10.3. The number of fused-ring (bicyclic) bond motifs is 5. The molecule has 2 bridgehead atoms. The van der Waals surface area contributed by atoms with E-state index in [1.165, 1.54) is 13.2 Å². The molecule has 0 radical (unpaired) electrons. The van der Waals surface area contributed by atoms with E-state index in [2.05, 4.69) is 0 Å². The van der Waals surface area contributed by atoms with Crippen LogP contribution in [0.5, 0.6) is 0 Å². The Bertz CT molecular complexity index is 1380. The van der Waals surface area contributed by atoms with Crippen LogP contribution in [0.2, 0.25) is 0 Å². The second-order valence-electron chi connectivity index (χ2n) is 12.8. The Morgan fingerprint density at radius 1 is 1.17 bits per heavy atom. The Labute approximate surface area is 244 Å². The maximum Gasteiger partial charge on any atom is 0.333 e. The zero-order valence-corrected chi connectivity index (χ0v) is 24.9. The van der Waals surface area contributed by atoms with Gasteiger partial charge in [-0.05, 0) is 55.7 Å². The van der Waals surface area contributed by atoms with Crippen molar-refractivity contribution in [2.45, 2.75) is 85.2 Å². The van der Waals surface area contributed by atoms with Gasteiger partial charge < -0.3 is 24.1 Å². The molecule has 1 N–H and O–H groups in total. The molecule has 0 aromatic heterocycles. The second-order valence-corrected chi connectivity index (χ2v) is 12.8. The van der Waals surface area contributed by atoms with Crippen LogP contribution < -0.4 is 0 Å². The fraction of sp³-hybridized carbons (Fsp3) is 0.594. The fourth-order valence-electron chi connectivity index (χ4n) is 8.11. The van der Waals surface area contributed by atoms with Crippen LogP contribution >= 0.6 is 0 Å². The molecule has 1 unspecified atom stereocenters. The van der Waals surface area contributed by atoms with Crippen molar-refractivity contribution in [1.82, 2.24) is 0 Å². The van der Waals surface area contributed by atoms with E-state index in [1.54, 1.807) is 26.0 Å². The third-order valence-electron chi connectivity index (χ3n) is 10.7. The lowest BCUT2D eigenvalue weighted by atomic mass is 9.52. The minimum absolute atomic E-state index is 0.0408. The normalized spacial score (nSPS) is 40.2. The Kier molecular flexibility index (Phi) is 7.36. The number of esters is 4. The maximum atomic E-state index is 14.2.